The second kappa shape index (κ2) is 12.1. The molecule has 7 heteroatoms. The number of esters is 1. The lowest BCUT2D eigenvalue weighted by Gasteiger charge is -2.20. The number of fused-ring (bicyclic) bond motifs is 1. The molecule has 1 aromatic heterocycles. The summed E-state index contributed by atoms with van der Waals surface area (Å²) < 4.78 is 5.34. The Morgan fingerprint density at radius 2 is 1.71 bits per heavy atom. The highest BCUT2D eigenvalue weighted by Crippen LogP contribution is 2.18. The molecule has 35 heavy (non-hydrogen) atoms. The Balaban J connectivity index is 1.60. The van der Waals surface area contributed by atoms with Crippen molar-refractivity contribution in [1.29, 1.82) is 0 Å². The highest BCUT2D eigenvalue weighted by Gasteiger charge is 2.22. The van der Waals surface area contributed by atoms with Gasteiger partial charge in [0.25, 0.3) is 5.91 Å². The van der Waals surface area contributed by atoms with E-state index in [1.807, 2.05) is 51.1 Å². The molecule has 7 nitrogen and oxygen atoms in total. The lowest BCUT2D eigenvalue weighted by molar-refractivity contribution is -0.154. The maximum Gasteiger partial charge on any atom is 0.306 e. The Morgan fingerprint density at radius 3 is 2.46 bits per heavy atom. The molecule has 0 aliphatic carbocycles. The Kier molecular flexibility index (Phi) is 8.95. The number of amides is 2. The van der Waals surface area contributed by atoms with Gasteiger partial charge in [0.05, 0.1) is 5.52 Å². The molecule has 0 saturated heterocycles. The van der Waals surface area contributed by atoms with Gasteiger partial charge in [-0.2, -0.15) is 0 Å². The van der Waals surface area contributed by atoms with Gasteiger partial charge in [-0.3, -0.25) is 19.4 Å². The van der Waals surface area contributed by atoms with Crippen LogP contribution in [0.1, 0.15) is 63.2 Å². The third-order valence-electron chi connectivity index (χ3n) is 5.32. The van der Waals surface area contributed by atoms with Crippen molar-refractivity contribution in [3.05, 3.63) is 72.4 Å². The van der Waals surface area contributed by atoms with Crippen molar-refractivity contribution in [1.82, 2.24) is 10.3 Å². The van der Waals surface area contributed by atoms with Crippen molar-refractivity contribution < 1.29 is 19.1 Å². The van der Waals surface area contributed by atoms with Gasteiger partial charge in [0.1, 0.15) is 11.6 Å². The van der Waals surface area contributed by atoms with Gasteiger partial charge in [-0.25, -0.2) is 0 Å². The molecule has 2 amide bonds. The van der Waals surface area contributed by atoms with Gasteiger partial charge >= 0.3 is 5.97 Å². The third-order valence-corrected chi connectivity index (χ3v) is 5.32. The minimum absolute atomic E-state index is 0.227. The predicted octanol–water partition coefficient (Wildman–Crippen LogP) is 5.26. The molecular formula is C28H33N3O4. The van der Waals surface area contributed by atoms with Crippen LogP contribution in [0.5, 0.6) is 0 Å². The second-order valence-electron chi connectivity index (χ2n) is 9.48. The number of aromatic nitrogens is 1. The van der Waals surface area contributed by atoms with E-state index in [4.69, 9.17) is 4.74 Å². The van der Waals surface area contributed by atoms with Crippen LogP contribution in [0.3, 0.4) is 0 Å². The predicted molar refractivity (Wildman–Crippen MR) is 137 cm³/mol. The van der Waals surface area contributed by atoms with E-state index in [0.717, 1.165) is 17.3 Å². The standard InChI is InChI=1S/C28H33N3O4/c1-28(2,3)35-25(32)15-9-5-8-14-24(31-26(33)20-11-6-4-7-12-20)27(34)30-22-16-17-23-21(19-22)13-10-18-29-23/h4,6-7,10-13,16-19,24H,5,8-9,14-15H2,1-3H3,(H,30,34)(H,31,33)/t24-/m0/s1. The van der Waals surface area contributed by atoms with Crippen molar-refractivity contribution in [2.75, 3.05) is 5.32 Å². The molecule has 0 spiro atoms. The first-order chi connectivity index (χ1) is 16.7. The number of unbranched alkanes of at least 4 members (excludes halogenated alkanes) is 2. The van der Waals surface area contributed by atoms with Crippen LogP contribution < -0.4 is 10.6 Å². The quantitative estimate of drug-likeness (QED) is 0.308. The number of ether oxygens (including phenoxy) is 1. The fourth-order valence-electron chi connectivity index (χ4n) is 3.67. The van der Waals surface area contributed by atoms with Gasteiger partial charge in [-0.1, -0.05) is 37.1 Å². The molecule has 3 rings (SSSR count). The average molecular weight is 476 g/mol. The summed E-state index contributed by atoms with van der Waals surface area (Å²) in [5, 5.41) is 6.70. The Bertz CT molecular complexity index is 1160. The molecule has 1 atom stereocenters. The van der Waals surface area contributed by atoms with E-state index >= 15 is 0 Å². The average Bonchev–Trinajstić information content (AvgIpc) is 2.82. The van der Waals surface area contributed by atoms with E-state index in [0.29, 0.717) is 36.9 Å². The van der Waals surface area contributed by atoms with Crippen LogP contribution in [-0.4, -0.2) is 34.4 Å². The lowest BCUT2D eigenvalue weighted by Crippen LogP contribution is -2.43. The van der Waals surface area contributed by atoms with Crippen LogP contribution >= 0.6 is 0 Å². The minimum Gasteiger partial charge on any atom is -0.460 e. The molecule has 1 heterocycles. The number of rotatable bonds is 10. The molecule has 0 fully saturated rings. The van der Waals surface area contributed by atoms with Crippen molar-refractivity contribution in [2.45, 2.75) is 64.5 Å². The Hall–Kier alpha value is -3.74. The summed E-state index contributed by atoms with van der Waals surface area (Å²) in [5.41, 5.74) is 1.47. The van der Waals surface area contributed by atoms with Crippen LogP contribution in [-0.2, 0) is 14.3 Å². The molecule has 2 N–H and O–H groups in total. The first-order valence-electron chi connectivity index (χ1n) is 11.9. The maximum absolute atomic E-state index is 13.1. The number of carbonyl (C=O) groups is 3. The van der Waals surface area contributed by atoms with Gasteiger partial charge in [0.2, 0.25) is 5.91 Å². The minimum atomic E-state index is -0.714. The molecule has 0 bridgehead atoms. The van der Waals surface area contributed by atoms with Gasteiger partial charge in [-0.15, -0.1) is 0 Å². The van der Waals surface area contributed by atoms with E-state index in [9.17, 15) is 14.4 Å². The SMILES string of the molecule is CC(C)(C)OC(=O)CCCCC[C@H](NC(=O)c1ccccc1)C(=O)Nc1ccc2ncccc2c1. The van der Waals surface area contributed by atoms with E-state index < -0.39 is 11.6 Å². The fourth-order valence-corrected chi connectivity index (χ4v) is 3.67. The van der Waals surface area contributed by atoms with E-state index in [1.54, 1.807) is 36.5 Å². The van der Waals surface area contributed by atoms with Crippen molar-refractivity contribution in [2.24, 2.45) is 0 Å². The molecule has 0 aliphatic rings. The van der Waals surface area contributed by atoms with Gasteiger partial charge in [0, 0.05) is 29.3 Å². The molecule has 3 aromatic rings. The van der Waals surface area contributed by atoms with Crippen molar-refractivity contribution in [3.63, 3.8) is 0 Å². The summed E-state index contributed by atoms with van der Waals surface area (Å²) in [6.45, 7) is 5.53. The molecule has 0 saturated carbocycles. The van der Waals surface area contributed by atoms with Crippen molar-refractivity contribution >= 4 is 34.4 Å². The molecular weight excluding hydrogens is 442 g/mol. The fraction of sp³-hybridized carbons (Fsp3) is 0.357. The Morgan fingerprint density at radius 1 is 0.943 bits per heavy atom. The number of benzene rings is 2. The summed E-state index contributed by atoms with van der Waals surface area (Å²) in [7, 11) is 0. The van der Waals surface area contributed by atoms with E-state index in [-0.39, 0.29) is 17.8 Å². The normalized spacial score (nSPS) is 12.1. The zero-order valence-electron chi connectivity index (χ0n) is 20.5. The zero-order valence-corrected chi connectivity index (χ0v) is 20.5. The smallest absolute Gasteiger partial charge is 0.306 e. The number of nitrogens with one attached hydrogen (secondary N) is 2. The summed E-state index contributed by atoms with van der Waals surface area (Å²) >= 11 is 0. The molecule has 184 valence electrons. The third kappa shape index (κ3) is 8.52. The molecule has 0 unspecified atom stereocenters. The number of hydrogen-bond donors (Lipinski definition) is 2. The van der Waals surface area contributed by atoms with E-state index in [1.165, 1.54) is 0 Å². The lowest BCUT2D eigenvalue weighted by atomic mass is 10.0. The summed E-state index contributed by atoms with van der Waals surface area (Å²) in [4.78, 5) is 42.1. The zero-order chi connectivity index (χ0) is 25.3. The van der Waals surface area contributed by atoms with E-state index in [2.05, 4.69) is 15.6 Å². The largest absolute Gasteiger partial charge is 0.460 e. The summed E-state index contributed by atoms with van der Waals surface area (Å²) in [5.74, 6) is -0.818. The highest BCUT2D eigenvalue weighted by atomic mass is 16.6. The second-order valence-corrected chi connectivity index (χ2v) is 9.48. The Labute approximate surface area is 206 Å². The maximum atomic E-state index is 13.1. The van der Waals surface area contributed by atoms with Crippen LogP contribution in [0, 0.1) is 0 Å². The number of pyridine rings is 1. The topological polar surface area (TPSA) is 97.4 Å². The highest BCUT2D eigenvalue weighted by molar-refractivity contribution is 6.01. The van der Waals surface area contributed by atoms with Gasteiger partial charge < -0.3 is 15.4 Å². The van der Waals surface area contributed by atoms with Crippen LogP contribution in [0.25, 0.3) is 10.9 Å². The molecule has 0 aliphatic heterocycles. The molecule has 0 radical (unpaired) electrons. The monoisotopic (exact) mass is 475 g/mol. The molecule has 2 aromatic carbocycles. The number of anilines is 1. The van der Waals surface area contributed by atoms with Gasteiger partial charge in [-0.05, 0) is 70.0 Å². The van der Waals surface area contributed by atoms with Crippen LogP contribution in [0.2, 0.25) is 0 Å². The summed E-state index contributed by atoms with van der Waals surface area (Å²) in [6.07, 6.45) is 4.58. The summed E-state index contributed by atoms with van der Waals surface area (Å²) in [6, 6.07) is 17.4. The number of nitrogens with zero attached hydrogens (tertiary/aromatic N) is 1. The number of hydrogen-bond acceptors (Lipinski definition) is 5. The number of carbonyl (C=O) groups excluding carboxylic acids is 3. The first kappa shape index (κ1) is 25.9. The first-order valence-corrected chi connectivity index (χ1v) is 11.9. The van der Waals surface area contributed by atoms with Crippen molar-refractivity contribution in [3.8, 4) is 0 Å². The van der Waals surface area contributed by atoms with Gasteiger partial charge in [0.15, 0.2) is 0 Å². The van der Waals surface area contributed by atoms with Crippen LogP contribution in [0.15, 0.2) is 66.9 Å². The van der Waals surface area contributed by atoms with Crippen LogP contribution in [0.4, 0.5) is 5.69 Å².